The molecule has 4 rings (SSSR count). The molecule has 1 fully saturated rings. The highest BCUT2D eigenvalue weighted by Crippen LogP contribution is 2.32. The second kappa shape index (κ2) is 6.88. The number of amides is 1. The number of aromatic nitrogens is 1. The van der Waals surface area contributed by atoms with E-state index in [9.17, 15) is 4.79 Å². The van der Waals surface area contributed by atoms with E-state index in [-0.39, 0.29) is 11.9 Å². The smallest absolute Gasteiger partial charge is 0.237 e. The number of nitrogens with zero attached hydrogens (tertiary/aromatic N) is 3. The maximum atomic E-state index is 12.9. The van der Waals surface area contributed by atoms with Crippen molar-refractivity contribution in [2.45, 2.75) is 32.4 Å². The Morgan fingerprint density at radius 2 is 2.20 bits per heavy atom. The lowest BCUT2D eigenvalue weighted by molar-refractivity contribution is -0.133. The van der Waals surface area contributed by atoms with E-state index in [2.05, 4.69) is 16.1 Å². The number of ether oxygens (including phenoxy) is 1. The van der Waals surface area contributed by atoms with Crippen LogP contribution >= 0.6 is 0 Å². The molecule has 0 radical (unpaired) electrons. The molecule has 0 unspecified atom stereocenters. The fourth-order valence-electron chi connectivity index (χ4n) is 3.71. The fraction of sp³-hybridized carbons (Fsp3) is 0.474. The van der Waals surface area contributed by atoms with E-state index in [1.165, 1.54) is 0 Å². The van der Waals surface area contributed by atoms with E-state index in [0.29, 0.717) is 13.2 Å². The Morgan fingerprint density at radius 3 is 3.04 bits per heavy atom. The summed E-state index contributed by atoms with van der Waals surface area (Å²) in [6, 6.07) is 10.0. The van der Waals surface area contributed by atoms with Crippen molar-refractivity contribution in [3.63, 3.8) is 0 Å². The summed E-state index contributed by atoms with van der Waals surface area (Å²) in [5.41, 5.74) is 2.01. The van der Waals surface area contributed by atoms with Crippen LogP contribution in [0.25, 0.3) is 0 Å². The molecule has 1 amide bonds. The third-order valence-corrected chi connectivity index (χ3v) is 4.95. The number of hydrogen-bond acceptors (Lipinski definition) is 5. The molecule has 1 aromatic heterocycles. The summed E-state index contributed by atoms with van der Waals surface area (Å²) >= 11 is 0. The summed E-state index contributed by atoms with van der Waals surface area (Å²) in [4.78, 5) is 17.0. The molecule has 1 atom stereocenters. The highest BCUT2D eigenvalue weighted by atomic mass is 16.5. The molecule has 0 N–H and O–H groups in total. The van der Waals surface area contributed by atoms with Crippen LogP contribution in [0.2, 0.25) is 0 Å². The second-order valence-corrected chi connectivity index (χ2v) is 6.77. The number of likely N-dealkylation sites (tertiary alicyclic amines) is 1. The zero-order valence-electron chi connectivity index (χ0n) is 14.5. The third kappa shape index (κ3) is 3.39. The Bertz CT molecular complexity index is 758. The molecule has 2 aliphatic rings. The van der Waals surface area contributed by atoms with Crippen LogP contribution in [0.15, 0.2) is 34.9 Å². The van der Waals surface area contributed by atoms with E-state index in [1.54, 1.807) is 0 Å². The van der Waals surface area contributed by atoms with Gasteiger partial charge in [0.1, 0.15) is 23.8 Å². The molecule has 3 heterocycles. The summed E-state index contributed by atoms with van der Waals surface area (Å²) in [5.74, 6) is 1.87. The van der Waals surface area contributed by atoms with Gasteiger partial charge in [-0.3, -0.25) is 9.69 Å². The summed E-state index contributed by atoms with van der Waals surface area (Å²) in [6.45, 7) is 5.18. The van der Waals surface area contributed by atoms with Crippen LogP contribution in [0, 0.1) is 6.92 Å². The van der Waals surface area contributed by atoms with Gasteiger partial charge in [0, 0.05) is 31.3 Å². The summed E-state index contributed by atoms with van der Waals surface area (Å²) < 4.78 is 11.0. The largest absolute Gasteiger partial charge is 0.492 e. The van der Waals surface area contributed by atoms with Crippen LogP contribution in [0.3, 0.4) is 0 Å². The van der Waals surface area contributed by atoms with E-state index in [0.717, 1.165) is 55.2 Å². The SMILES string of the molecule is Cc1cc([C@@H]2CCCN2C(=O)CN2CCOc3ccccc3C2)no1. The summed E-state index contributed by atoms with van der Waals surface area (Å²) in [7, 11) is 0. The molecule has 0 aliphatic carbocycles. The van der Waals surface area contributed by atoms with Gasteiger partial charge in [0.25, 0.3) is 0 Å². The van der Waals surface area contributed by atoms with Gasteiger partial charge in [-0.2, -0.15) is 0 Å². The normalized spacial score (nSPS) is 20.8. The van der Waals surface area contributed by atoms with Gasteiger partial charge in [-0.05, 0) is 25.8 Å². The van der Waals surface area contributed by atoms with Crippen LogP contribution in [-0.4, -0.2) is 47.1 Å². The van der Waals surface area contributed by atoms with Crippen molar-refractivity contribution >= 4 is 5.91 Å². The molecule has 2 aromatic rings. The molecule has 0 spiro atoms. The predicted molar refractivity (Wildman–Crippen MR) is 92.1 cm³/mol. The maximum Gasteiger partial charge on any atom is 0.237 e. The first-order valence-electron chi connectivity index (χ1n) is 8.86. The fourth-order valence-corrected chi connectivity index (χ4v) is 3.71. The Balaban J connectivity index is 1.44. The van der Waals surface area contributed by atoms with Crippen LogP contribution in [0.5, 0.6) is 5.75 Å². The average molecular weight is 341 g/mol. The molecule has 0 bridgehead atoms. The van der Waals surface area contributed by atoms with Crippen molar-refractivity contribution in [3.05, 3.63) is 47.3 Å². The number of para-hydroxylation sites is 1. The lowest BCUT2D eigenvalue weighted by Crippen LogP contribution is -2.40. The van der Waals surface area contributed by atoms with Gasteiger partial charge in [0.05, 0.1) is 12.6 Å². The van der Waals surface area contributed by atoms with Crippen LogP contribution in [0.4, 0.5) is 0 Å². The molecular weight excluding hydrogens is 318 g/mol. The standard InChI is InChI=1S/C19H23N3O3/c1-14-11-16(20-25-14)17-6-4-8-22(17)19(23)13-21-9-10-24-18-7-3-2-5-15(18)12-21/h2-3,5,7,11,17H,4,6,8-10,12-13H2,1H3/t17-/m0/s1. The second-order valence-electron chi connectivity index (χ2n) is 6.77. The minimum Gasteiger partial charge on any atom is -0.492 e. The van der Waals surface area contributed by atoms with Crippen molar-refractivity contribution in [1.29, 1.82) is 0 Å². The minimum absolute atomic E-state index is 0.0421. The lowest BCUT2D eigenvalue weighted by Gasteiger charge is -2.26. The van der Waals surface area contributed by atoms with E-state index in [1.807, 2.05) is 36.1 Å². The minimum atomic E-state index is 0.0421. The van der Waals surface area contributed by atoms with E-state index >= 15 is 0 Å². The topological polar surface area (TPSA) is 58.8 Å². The number of fused-ring (bicyclic) bond motifs is 1. The Labute approximate surface area is 147 Å². The number of carbonyl (C=O) groups excluding carboxylic acids is 1. The van der Waals surface area contributed by atoms with Crippen LogP contribution < -0.4 is 4.74 Å². The first-order chi connectivity index (χ1) is 12.2. The van der Waals surface area contributed by atoms with Gasteiger partial charge < -0.3 is 14.2 Å². The highest BCUT2D eigenvalue weighted by molar-refractivity contribution is 5.79. The van der Waals surface area contributed by atoms with Crippen molar-refractivity contribution in [2.75, 3.05) is 26.2 Å². The van der Waals surface area contributed by atoms with Crippen molar-refractivity contribution in [2.24, 2.45) is 0 Å². The average Bonchev–Trinajstić information content (AvgIpc) is 3.20. The quantitative estimate of drug-likeness (QED) is 0.859. The number of rotatable bonds is 3. The molecule has 0 saturated carbocycles. The zero-order valence-corrected chi connectivity index (χ0v) is 14.5. The maximum absolute atomic E-state index is 12.9. The van der Waals surface area contributed by atoms with Crippen molar-refractivity contribution in [3.8, 4) is 5.75 Å². The van der Waals surface area contributed by atoms with Gasteiger partial charge in [-0.15, -0.1) is 0 Å². The van der Waals surface area contributed by atoms with Crippen LogP contribution in [0.1, 0.15) is 35.9 Å². The first kappa shape index (κ1) is 16.1. The number of carbonyl (C=O) groups is 1. The van der Waals surface area contributed by atoms with Crippen molar-refractivity contribution < 1.29 is 14.1 Å². The van der Waals surface area contributed by atoms with E-state index < -0.39 is 0 Å². The Kier molecular flexibility index (Phi) is 4.44. The number of aryl methyl sites for hydroxylation is 1. The summed E-state index contributed by atoms with van der Waals surface area (Å²) in [5, 5.41) is 4.12. The molecule has 1 aromatic carbocycles. The molecule has 132 valence electrons. The highest BCUT2D eigenvalue weighted by Gasteiger charge is 2.33. The van der Waals surface area contributed by atoms with Gasteiger partial charge in [0.15, 0.2) is 0 Å². The molecule has 6 nitrogen and oxygen atoms in total. The van der Waals surface area contributed by atoms with Gasteiger partial charge in [0.2, 0.25) is 5.91 Å². The third-order valence-electron chi connectivity index (χ3n) is 4.95. The first-order valence-corrected chi connectivity index (χ1v) is 8.86. The number of benzene rings is 1. The lowest BCUT2D eigenvalue weighted by atomic mass is 10.1. The Hall–Kier alpha value is -2.34. The van der Waals surface area contributed by atoms with E-state index in [4.69, 9.17) is 9.26 Å². The zero-order chi connectivity index (χ0) is 17.2. The molecule has 25 heavy (non-hydrogen) atoms. The van der Waals surface area contributed by atoms with Gasteiger partial charge in [-0.1, -0.05) is 23.4 Å². The molecule has 1 saturated heterocycles. The predicted octanol–water partition coefficient (Wildman–Crippen LogP) is 2.54. The number of hydrogen-bond donors (Lipinski definition) is 0. The molecular formula is C19H23N3O3. The summed E-state index contributed by atoms with van der Waals surface area (Å²) in [6.07, 6.45) is 1.96. The Morgan fingerprint density at radius 1 is 1.32 bits per heavy atom. The monoisotopic (exact) mass is 341 g/mol. The van der Waals surface area contributed by atoms with Crippen molar-refractivity contribution in [1.82, 2.24) is 15.0 Å². The molecule has 6 heteroatoms. The van der Waals surface area contributed by atoms with Gasteiger partial charge in [-0.25, -0.2) is 0 Å². The van der Waals surface area contributed by atoms with Gasteiger partial charge >= 0.3 is 0 Å². The molecule has 2 aliphatic heterocycles. The van der Waals surface area contributed by atoms with Crippen LogP contribution in [-0.2, 0) is 11.3 Å².